The van der Waals surface area contributed by atoms with E-state index < -0.39 is 0 Å². The molecule has 2 aliphatic rings. The van der Waals surface area contributed by atoms with Gasteiger partial charge in [-0.1, -0.05) is 25.0 Å². The number of benzene rings is 1. The van der Waals surface area contributed by atoms with Crippen LogP contribution in [0.25, 0.3) is 0 Å². The van der Waals surface area contributed by atoms with E-state index in [2.05, 4.69) is 11.6 Å². The van der Waals surface area contributed by atoms with Gasteiger partial charge in [-0.05, 0) is 49.6 Å². The van der Waals surface area contributed by atoms with E-state index in [0.717, 1.165) is 37.9 Å². The second-order valence-electron chi connectivity index (χ2n) is 6.95. The zero-order chi connectivity index (χ0) is 16.1. The number of halogens is 1. The van der Waals surface area contributed by atoms with Crippen molar-refractivity contribution in [2.45, 2.75) is 55.2 Å². The molecule has 1 heterocycles. The predicted molar refractivity (Wildman–Crippen MR) is 95.7 cm³/mol. The molecule has 1 N–H and O–H groups in total. The van der Waals surface area contributed by atoms with Crippen molar-refractivity contribution in [3.63, 3.8) is 0 Å². The third-order valence-electron chi connectivity index (χ3n) is 5.61. The van der Waals surface area contributed by atoms with Crippen molar-refractivity contribution in [2.75, 3.05) is 26.0 Å². The van der Waals surface area contributed by atoms with E-state index in [1.54, 1.807) is 12.1 Å². The summed E-state index contributed by atoms with van der Waals surface area (Å²) in [6, 6.07) is 7.74. The Morgan fingerprint density at radius 3 is 2.57 bits per heavy atom. The molecule has 128 valence electrons. The third kappa shape index (κ3) is 4.09. The first-order chi connectivity index (χ1) is 11.2. The summed E-state index contributed by atoms with van der Waals surface area (Å²) in [4.78, 5) is 0. The first kappa shape index (κ1) is 17.2. The van der Waals surface area contributed by atoms with Crippen LogP contribution in [0.15, 0.2) is 24.3 Å². The number of hydrogen-bond acceptors (Lipinski definition) is 3. The summed E-state index contributed by atoms with van der Waals surface area (Å²) >= 11 is 2.00. The molecule has 0 spiro atoms. The number of ether oxygens (including phenoxy) is 1. The highest BCUT2D eigenvalue weighted by Crippen LogP contribution is 2.35. The molecule has 3 rings (SSSR count). The van der Waals surface area contributed by atoms with Gasteiger partial charge in [0.2, 0.25) is 0 Å². The Labute approximate surface area is 143 Å². The van der Waals surface area contributed by atoms with Crippen molar-refractivity contribution in [3.8, 4) is 0 Å². The van der Waals surface area contributed by atoms with E-state index in [4.69, 9.17) is 4.74 Å². The Bertz CT molecular complexity index is 487. The quantitative estimate of drug-likeness (QED) is 0.872. The minimum absolute atomic E-state index is 0.0896. The predicted octanol–water partition coefficient (Wildman–Crippen LogP) is 4.14. The molecule has 1 saturated carbocycles. The fourth-order valence-electron chi connectivity index (χ4n) is 4.07. The lowest BCUT2D eigenvalue weighted by molar-refractivity contribution is 0.0484. The standard InChI is InChI=1S/C19H28FNOS/c1-23-18-5-3-2-4-17(18)21-14-19(10-12-22-13-11-19)15-6-8-16(20)9-7-15/h6-9,17-18,21H,2-5,10-14H2,1H3/t17-,18-/m0/s1. The second kappa shape index (κ2) is 8.00. The van der Waals surface area contributed by atoms with Crippen LogP contribution in [-0.2, 0) is 10.2 Å². The molecule has 1 aromatic rings. The van der Waals surface area contributed by atoms with E-state index in [-0.39, 0.29) is 11.2 Å². The summed E-state index contributed by atoms with van der Waals surface area (Å²) in [5, 5.41) is 4.61. The lowest BCUT2D eigenvalue weighted by Crippen LogP contribution is -2.49. The van der Waals surface area contributed by atoms with Crippen LogP contribution in [0.1, 0.15) is 44.1 Å². The van der Waals surface area contributed by atoms with Gasteiger partial charge in [-0.2, -0.15) is 11.8 Å². The monoisotopic (exact) mass is 337 g/mol. The lowest BCUT2D eigenvalue weighted by atomic mass is 9.73. The van der Waals surface area contributed by atoms with Gasteiger partial charge in [0.05, 0.1) is 0 Å². The van der Waals surface area contributed by atoms with Gasteiger partial charge in [0.15, 0.2) is 0 Å². The molecule has 2 nitrogen and oxygen atoms in total. The Morgan fingerprint density at radius 2 is 1.87 bits per heavy atom. The molecule has 0 aromatic heterocycles. The van der Waals surface area contributed by atoms with E-state index in [0.29, 0.717) is 6.04 Å². The largest absolute Gasteiger partial charge is 0.381 e. The van der Waals surface area contributed by atoms with Crippen molar-refractivity contribution < 1.29 is 9.13 Å². The van der Waals surface area contributed by atoms with Gasteiger partial charge in [0.25, 0.3) is 0 Å². The lowest BCUT2D eigenvalue weighted by Gasteiger charge is -2.41. The Morgan fingerprint density at radius 1 is 1.17 bits per heavy atom. The first-order valence-corrected chi connectivity index (χ1v) is 10.1. The molecule has 4 heteroatoms. The third-order valence-corrected chi connectivity index (χ3v) is 6.78. The minimum Gasteiger partial charge on any atom is -0.381 e. The first-order valence-electron chi connectivity index (χ1n) is 8.83. The van der Waals surface area contributed by atoms with Crippen molar-refractivity contribution in [3.05, 3.63) is 35.6 Å². The molecule has 1 aliphatic carbocycles. The molecule has 2 atom stereocenters. The van der Waals surface area contributed by atoms with Crippen LogP contribution in [-0.4, -0.2) is 37.3 Å². The zero-order valence-corrected chi connectivity index (χ0v) is 14.8. The van der Waals surface area contributed by atoms with Gasteiger partial charge in [-0.15, -0.1) is 0 Å². The van der Waals surface area contributed by atoms with Crippen molar-refractivity contribution >= 4 is 11.8 Å². The van der Waals surface area contributed by atoms with Gasteiger partial charge in [0.1, 0.15) is 5.82 Å². The highest BCUT2D eigenvalue weighted by atomic mass is 32.2. The molecule has 1 saturated heterocycles. The molecule has 1 aromatic carbocycles. The van der Waals surface area contributed by atoms with E-state index in [9.17, 15) is 4.39 Å². The van der Waals surface area contributed by atoms with Crippen LogP contribution < -0.4 is 5.32 Å². The van der Waals surface area contributed by atoms with Crippen LogP contribution in [0, 0.1) is 5.82 Å². The fraction of sp³-hybridized carbons (Fsp3) is 0.684. The van der Waals surface area contributed by atoms with Gasteiger partial charge < -0.3 is 10.1 Å². The molecule has 1 aliphatic heterocycles. The van der Waals surface area contributed by atoms with Gasteiger partial charge in [-0.25, -0.2) is 4.39 Å². The molecule has 0 unspecified atom stereocenters. The van der Waals surface area contributed by atoms with Gasteiger partial charge in [-0.3, -0.25) is 0 Å². The number of thioether (sulfide) groups is 1. The summed E-state index contributed by atoms with van der Waals surface area (Å²) < 4.78 is 18.9. The van der Waals surface area contributed by atoms with Crippen molar-refractivity contribution in [1.82, 2.24) is 5.32 Å². The average molecular weight is 338 g/mol. The minimum atomic E-state index is -0.154. The maximum atomic E-state index is 13.3. The molecule has 0 amide bonds. The van der Waals surface area contributed by atoms with E-state index >= 15 is 0 Å². The summed E-state index contributed by atoms with van der Waals surface area (Å²) in [6.45, 7) is 2.58. The van der Waals surface area contributed by atoms with Crippen molar-refractivity contribution in [2.24, 2.45) is 0 Å². The van der Waals surface area contributed by atoms with Crippen LogP contribution in [0.4, 0.5) is 4.39 Å². The smallest absolute Gasteiger partial charge is 0.123 e. The maximum absolute atomic E-state index is 13.3. The van der Waals surface area contributed by atoms with E-state index in [1.165, 1.54) is 31.2 Å². The normalized spacial score (nSPS) is 27.7. The summed E-state index contributed by atoms with van der Waals surface area (Å²) in [7, 11) is 0. The van der Waals surface area contributed by atoms with Crippen LogP contribution >= 0.6 is 11.8 Å². The number of nitrogens with one attached hydrogen (secondary N) is 1. The molecule has 0 bridgehead atoms. The number of rotatable bonds is 5. The van der Waals surface area contributed by atoms with Gasteiger partial charge in [0, 0.05) is 36.5 Å². The fourth-order valence-corrected chi connectivity index (χ4v) is 5.04. The topological polar surface area (TPSA) is 21.3 Å². The van der Waals surface area contributed by atoms with Crippen LogP contribution in [0.5, 0.6) is 0 Å². The average Bonchev–Trinajstić information content (AvgIpc) is 2.61. The molecular formula is C19H28FNOS. The Hall–Kier alpha value is -0.580. The summed E-state index contributed by atoms with van der Waals surface area (Å²) in [6.07, 6.45) is 9.56. The Balaban J connectivity index is 1.72. The van der Waals surface area contributed by atoms with Gasteiger partial charge >= 0.3 is 0 Å². The molecule has 23 heavy (non-hydrogen) atoms. The highest BCUT2D eigenvalue weighted by Gasteiger charge is 2.36. The zero-order valence-electron chi connectivity index (χ0n) is 14.0. The molecule has 0 radical (unpaired) electrons. The summed E-state index contributed by atoms with van der Waals surface area (Å²) in [5.74, 6) is -0.154. The maximum Gasteiger partial charge on any atom is 0.123 e. The van der Waals surface area contributed by atoms with E-state index in [1.807, 2.05) is 23.9 Å². The Kier molecular flexibility index (Phi) is 6.00. The highest BCUT2D eigenvalue weighted by molar-refractivity contribution is 7.99. The van der Waals surface area contributed by atoms with Crippen LogP contribution in [0.2, 0.25) is 0 Å². The molecule has 2 fully saturated rings. The van der Waals surface area contributed by atoms with Crippen molar-refractivity contribution in [1.29, 1.82) is 0 Å². The number of hydrogen-bond donors (Lipinski definition) is 1. The SMILES string of the molecule is CS[C@H]1CCCC[C@@H]1NCC1(c2ccc(F)cc2)CCOCC1. The van der Waals surface area contributed by atoms with Crippen LogP contribution in [0.3, 0.4) is 0 Å². The molecular weight excluding hydrogens is 309 g/mol. The second-order valence-corrected chi connectivity index (χ2v) is 8.02. The summed E-state index contributed by atoms with van der Waals surface area (Å²) in [5.41, 5.74) is 1.35.